The summed E-state index contributed by atoms with van der Waals surface area (Å²) in [6, 6.07) is -1.20. The first-order valence-electron chi connectivity index (χ1n) is 15.9. The van der Waals surface area contributed by atoms with Crippen LogP contribution in [0.15, 0.2) is 0 Å². The molecule has 0 bridgehead atoms. The molecule has 26 nitrogen and oxygen atoms in total. The van der Waals surface area contributed by atoms with Gasteiger partial charge in [-0.3, -0.25) is 28.8 Å². The molecule has 54 heavy (non-hydrogen) atoms. The molecular formula is C26H48N2O24Si2. The molecule has 0 aromatic carbocycles. The fraction of sp³-hybridized carbons (Fsp3) is 0.769. The van der Waals surface area contributed by atoms with Gasteiger partial charge in [0.2, 0.25) is 0 Å². The third-order valence-electron chi connectivity index (χ3n) is 6.36. The maximum absolute atomic E-state index is 12.3. The van der Waals surface area contributed by atoms with Gasteiger partial charge < -0.3 is 98.5 Å². The maximum Gasteiger partial charge on any atom is 0.705 e. The average Bonchev–Trinajstić information content (AvgIpc) is 3.15. The molecule has 0 aromatic rings. The van der Waals surface area contributed by atoms with E-state index in [-0.39, 0.29) is 39.0 Å². The molecule has 0 fully saturated rings. The molecule has 0 aliphatic heterocycles. The SMILES string of the molecule is O=C(O[Si](CCCNCCNCCC[Si](OC(=O)C(O)CO)(OC(=O)C(O)CO)OC(=O)C(O)CO)(OC(=O)C(O)CO)OC(=O)C(O)CO)C(O)CO. The van der Waals surface area contributed by atoms with Gasteiger partial charge in [0.05, 0.1) is 51.7 Å². The van der Waals surface area contributed by atoms with Crippen LogP contribution < -0.4 is 10.6 Å². The quantitative estimate of drug-likeness (QED) is 0.0246. The van der Waals surface area contributed by atoms with Crippen molar-refractivity contribution in [2.24, 2.45) is 0 Å². The summed E-state index contributed by atoms with van der Waals surface area (Å²) >= 11 is 0. The Morgan fingerprint density at radius 3 is 0.722 bits per heavy atom. The molecule has 0 heterocycles. The number of hydrogen-bond acceptors (Lipinski definition) is 26. The van der Waals surface area contributed by atoms with Crippen LogP contribution >= 0.6 is 0 Å². The molecule has 0 rings (SSSR count). The number of nitrogens with one attached hydrogen (secondary N) is 2. The second-order valence-electron chi connectivity index (χ2n) is 10.8. The van der Waals surface area contributed by atoms with Crippen molar-refractivity contribution >= 4 is 53.4 Å². The number of aliphatic hydroxyl groups excluding tert-OH is 12. The van der Waals surface area contributed by atoms with Gasteiger partial charge >= 0.3 is 53.4 Å². The number of carbonyl (C=O) groups is 6. The van der Waals surface area contributed by atoms with E-state index >= 15 is 0 Å². The van der Waals surface area contributed by atoms with E-state index in [1.54, 1.807) is 0 Å². The summed E-state index contributed by atoms with van der Waals surface area (Å²) in [6.45, 7) is -6.77. The van der Waals surface area contributed by atoms with Crippen LogP contribution in [0.5, 0.6) is 0 Å². The second kappa shape index (κ2) is 26.5. The van der Waals surface area contributed by atoms with Crippen LogP contribution in [-0.4, -0.2) is 217 Å². The summed E-state index contributed by atoms with van der Waals surface area (Å²) in [5.41, 5.74) is 0. The Balaban J connectivity index is 5.62. The van der Waals surface area contributed by atoms with Gasteiger partial charge in [-0.25, -0.2) is 0 Å². The van der Waals surface area contributed by atoms with E-state index in [4.69, 9.17) is 57.2 Å². The molecule has 28 heteroatoms. The van der Waals surface area contributed by atoms with Gasteiger partial charge in [-0.05, 0) is 25.9 Å². The van der Waals surface area contributed by atoms with Crippen molar-refractivity contribution in [1.29, 1.82) is 0 Å². The third kappa shape index (κ3) is 18.3. The Morgan fingerprint density at radius 2 is 0.556 bits per heavy atom. The predicted molar refractivity (Wildman–Crippen MR) is 171 cm³/mol. The zero-order valence-corrected chi connectivity index (χ0v) is 30.6. The molecule has 0 aliphatic carbocycles. The minimum Gasteiger partial charge on any atom is -0.453 e. The van der Waals surface area contributed by atoms with Gasteiger partial charge in [-0.2, -0.15) is 0 Å². The van der Waals surface area contributed by atoms with E-state index in [1.807, 2.05) is 0 Å². The van der Waals surface area contributed by atoms with Crippen molar-refractivity contribution in [3.8, 4) is 0 Å². The van der Waals surface area contributed by atoms with Crippen LogP contribution in [0.3, 0.4) is 0 Å². The lowest BCUT2D eigenvalue weighted by molar-refractivity contribution is -0.166. The molecule has 0 amide bonds. The molecule has 6 unspecified atom stereocenters. The van der Waals surface area contributed by atoms with Gasteiger partial charge in [0, 0.05) is 13.1 Å². The number of carbonyl (C=O) groups excluding carboxylic acids is 6. The molecule has 0 aliphatic rings. The van der Waals surface area contributed by atoms with Crippen molar-refractivity contribution in [3.05, 3.63) is 0 Å². The zero-order chi connectivity index (χ0) is 41.5. The predicted octanol–water partition coefficient (Wildman–Crippen LogP) is -9.80. The topological polar surface area (TPSA) is 425 Å². The van der Waals surface area contributed by atoms with E-state index in [0.717, 1.165) is 0 Å². The van der Waals surface area contributed by atoms with E-state index in [0.29, 0.717) is 0 Å². The molecule has 0 radical (unpaired) electrons. The van der Waals surface area contributed by atoms with Gasteiger partial charge in [0.1, 0.15) is 0 Å². The summed E-state index contributed by atoms with van der Waals surface area (Å²) in [5.74, 6) is -9.73. The Hall–Kier alpha value is -3.31. The van der Waals surface area contributed by atoms with Gasteiger partial charge in [0.25, 0.3) is 0 Å². The second-order valence-corrected chi connectivity index (χ2v) is 15.7. The van der Waals surface area contributed by atoms with Gasteiger partial charge in [0.15, 0.2) is 36.6 Å². The molecule has 0 aromatic heterocycles. The maximum atomic E-state index is 12.3. The van der Waals surface area contributed by atoms with Gasteiger partial charge in [-0.1, -0.05) is 0 Å². The molecule has 14 N–H and O–H groups in total. The van der Waals surface area contributed by atoms with Gasteiger partial charge in [-0.15, -0.1) is 0 Å². The Bertz CT molecular complexity index is 976. The van der Waals surface area contributed by atoms with Crippen molar-refractivity contribution < 1.29 is 117 Å². The highest BCUT2D eigenvalue weighted by Crippen LogP contribution is 2.23. The van der Waals surface area contributed by atoms with Crippen molar-refractivity contribution in [3.63, 3.8) is 0 Å². The van der Waals surface area contributed by atoms with Crippen LogP contribution in [0.1, 0.15) is 12.8 Å². The summed E-state index contributed by atoms with van der Waals surface area (Å²) in [5, 5.41) is 118. The first-order valence-corrected chi connectivity index (χ1v) is 19.8. The van der Waals surface area contributed by atoms with Crippen molar-refractivity contribution in [1.82, 2.24) is 10.6 Å². The lowest BCUT2D eigenvalue weighted by Crippen LogP contribution is -2.55. The highest BCUT2D eigenvalue weighted by molar-refractivity contribution is 6.66. The van der Waals surface area contributed by atoms with E-state index < -0.39 is 142 Å². The largest absolute Gasteiger partial charge is 0.705 e. The zero-order valence-electron chi connectivity index (χ0n) is 28.6. The monoisotopic (exact) mass is 828 g/mol. The molecular weight excluding hydrogens is 780 g/mol. The Morgan fingerprint density at radius 1 is 0.370 bits per heavy atom. The van der Waals surface area contributed by atoms with Crippen LogP contribution in [0.25, 0.3) is 0 Å². The summed E-state index contributed by atoms with van der Waals surface area (Å²) in [6.07, 6.45) is -13.5. The summed E-state index contributed by atoms with van der Waals surface area (Å²) in [4.78, 5) is 73.7. The van der Waals surface area contributed by atoms with Crippen LogP contribution in [0.4, 0.5) is 0 Å². The molecule has 0 saturated heterocycles. The van der Waals surface area contributed by atoms with E-state index in [9.17, 15) is 59.4 Å². The standard InChI is InChI=1S/C26H48N2O24Si2/c29-9-15(35)21(41)47-53(48-22(42)16(36)10-30,49-23(43)17(37)11-31)7-1-3-27-5-6-28-4-2-8-54(50-24(44)18(38)12-32,51-25(45)19(39)13-33)52-26(46)20(40)14-34/h15-20,27-40H,1-14H2. The van der Waals surface area contributed by atoms with E-state index in [1.165, 1.54) is 0 Å². The van der Waals surface area contributed by atoms with Crippen LogP contribution in [0, 0.1) is 0 Å². The van der Waals surface area contributed by atoms with Crippen LogP contribution in [-0.2, 0) is 55.3 Å². The lowest BCUT2D eigenvalue weighted by Gasteiger charge is -2.29. The number of rotatable bonds is 29. The van der Waals surface area contributed by atoms with Crippen molar-refractivity contribution in [2.75, 3.05) is 65.8 Å². The summed E-state index contributed by atoms with van der Waals surface area (Å²) in [7, 11) is -10.0. The lowest BCUT2D eigenvalue weighted by atomic mass is 10.4. The Labute approximate surface area is 308 Å². The highest BCUT2D eigenvalue weighted by atomic mass is 28.4. The Kier molecular flexibility index (Phi) is 24.9. The molecule has 6 atom stereocenters. The minimum atomic E-state index is -5.00. The third-order valence-corrected chi connectivity index (χ3v) is 11.4. The number of hydrogen-bond donors (Lipinski definition) is 14. The normalized spacial score (nSPS) is 16.9. The highest BCUT2D eigenvalue weighted by Gasteiger charge is 2.56. The molecule has 0 spiro atoms. The number of aliphatic hydroxyl groups is 12. The minimum absolute atomic E-state index is 0.0117. The summed E-state index contributed by atoms with van der Waals surface area (Å²) < 4.78 is 29.8. The smallest absolute Gasteiger partial charge is 0.453 e. The first-order chi connectivity index (χ1) is 25.4. The van der Waals surface area contributed by atoms with Crippen LogP contribution in [0.2, 0.25) is 12.1 Å². The van der Waals surface area contributed by atoms with E-state index in [2.05, 4.69) is 10.6 Å². The fourth-order valence-electron chi connectivity index (χ4n) is 3.49. The molecule has 314 valence electrons. The molecule has 0 saturated carbocycles. The average molecular weight is 829 g/mol. The first kappa shape index (κ1) is 50.7. The van der Waals surface area contributed by atoms with Crippen molar-refractivity contribution in [2.45, 2.75) is 61.6 Å². The fourth-order valence-corrected chi connectivity index (χ4v) is 8.23.